The van der Waals surface area contributed by atoms with Crippen LogP contribution in [0.3, 0.4) is 0 Å². The number of carbonyl (C=O) groups excluding carboxylic acids is 2. The van der Waals surface area contributed by atoms with Crippen molar-refractivity contribution in [1.29, 1.82) is 0 Å². The van der Waals surface area contributed by atoms with Gasteiger partial charge in [-0.25, -0.2) is 4.79 Å². The molecule has 0 unspecified atom stereocenters. The Morgan fingerprint density at radius 3 is 2.31 bits per heavy atom. The highest BCUT2D eigenvalue weighted by atomic mass is 35.5. The highest BCUT2D eigenvalue weighted by molar-refractivity contribution is 6.67. The molecular weight excluding hydrogens is 230 g/mol. The van der Waals surface area contributed by atoms with E-state index in [-0.39, 0.29) is 0 Å². The number of rotatable bonds is 3. The summed E-state index contributed by atoms with van der Waals surface area (Å²) in [6, 6.07) is 6.37. The minimum Gasteiger partial charge on any atom is -0.449 e. The van der Waals surface area contributed by atoms with Crippen LogP contribution in [0.1, 0.15) is 17.3 Å². The summed E-state index contributed by atoms with van der Waals surface area (Å²) in [6.45, 7) is 2.06. The minimum absolute atomic E-state index is 0.321. The molecule has 1 amide bonds. The highest BCUT2D eigenvalue weighted by Gasteiger charge is 2.11. The SMILES string of the molecule is CCOC(=O)N(C)c1ccc(C(=O)Cl)cc1. The number of halogens is 1. The zero-order chi connectivity index (χ0) is 12.1. The first kappa shape index (κ1) is 12.5. The molecule has 1 aromatic rings. The lowest BCUT2D eigenvalue weighted by molar-refractivity contribution is 0.108. The van der Waals surface area contributed by atoms with E-state index in [9.17, 15) is 9.59 Å². The van der Waals surface area contributed by atoms with Gasteiger partial charge in [0, 0.05) is 18.3 Å². The van der Waals surface area contributed by atoms with Gasteiger partial charge in [-0.1, -0.05) is 0 Å². The normalized spacial score (nSPS) is 9.69. The van der Waals surface area contributed by atoms with Crippen LogP contribution in [0.4, 0.5) is 10.5 Å². The zero-order valence-corrected chi connectivity index (χ0v) is 9.82. The molecule has 0 saturated heterocycles. The Bertz CT molecular complexity index is 389. The van der Waals surface area contributed by atoms with Crippen molar-refractivity contribution in [2.45, 2.75) is 6.92 Å². The summed E-state index contributed by atoms with van der Waals surface area (Å²) in [4.78, 5) is 23.5. The number of hydrogen-bond acceptors (Lipinski definition) is 3. The number of carbonyl (C=O) groups is 2. The third-order valence-corrected chi connectivity index (χ3v) is 2.24. The molecule has 1 rings (SSSR count). The van der Waals surface area contributed by atoms with Crippen LogP contribution in [0.2, 0.25) is 0 Å². The largest absolute Gasteiger partial charge is 0.449 e. The predicted octanol–water partition coefficient (Wildman–Crippen LogP) is 2.66. The number of amides is 1. The van der Waals surface area contributed by atoms with Crippen molar-refractivity contribution in [3.63, 3.8) is 0 Å². The molecule has 16 heavy (non-hydrogen) atoms. The van der Waals surface area contributed by atoms with Gasteiger partial charge in [-0.3, -0.25) is 9.69 Å². The molecule has 0 aromatic heterocycles. The lowest BCUT2D eigenvalue weighted by atomic mass is 10.2. The average Bonchev–Trinajstić information content (AvgIpc) is 2.28. The third kappa shape index (κ3) is 2.97. The first-order chi connectivity index (χ1) is 7.56. The molecule has 0 atom stereocenters. The van der Waals surface area contributed by atoms with E-state index >= 15 is 0 Å². The Morgan fingerprint density at radius 1 is 1.31 bits per heavy atom. The molecule has 0 N–H and O–H groups in total. The summed E-state index contributed by atoms with van der Waals surface area (Å²) in [7, 11) is 1.59. The minimum atomic E-state index is -0.523. The lowest BCUT2D eigenvalue weighted by Crippen LogP contribution is -2.26. The molecule has 0 aliphatic heterocycles. The maximum absolute atomic E-state index is 11.4. The number of anilines is 1. The number of hydrogen-bond donors (Lipinski definition) is 0. The summed E-state index contributed by atoms with van der Waals surface area (Å²) in [5.74, 6) is 0. The lowest BCUT2D eigenvalue weighted by Gasteiger charge is -2.16. The molecular formula is C11H12ClNO3. The molecule has 0 saturated carbocycles. The van der Waals surface area contributed by atoms with Crippen molar-refractivity contribution in [3.05, 3.63) is 29.8 Å². The van der Waals surface area contributed by atoms with Crippen molar-refractivity contribution in [1.82, 2.24) is 0 Å². The number of benzene rings is 1. The smallest absolute Gasteiger partial charge is 0.413 e. The summed E-state index contributed by atoms with van der Waals surface area (Å²) in [6.07, 6.45) is -0.438. The predicted molar refractivity (Wildman–Crippen MR) is 62.1 cm³/mol. The van der Waals surface area contributed by atoms with Crippen LogP contribution < -0.4 is 4.90 Å². The number of nitrogens with zero attached hydrogens (tertiary/aromatic N) is 1. The topological polar surface area (TPSA) is 46.6 Å². The van der Waals surface area contributed by atoms with Crippen LogP contribution in [0.25, 0.3) is 0 Å². The van der Waals surface area contributed by atoms with Gasteiger partial charge < -0.3 is 4.74 Å². The standard InChI is InChI=1S/C11H12ClNO3/c1-3-16-11(15)13(2)9-6-4-8(5-7-9)10(12)14/h4-7H,3H2,1-2H3. The summed E-state index contributed by atoms with van der Waals surface area (Å²) in [5, 5.41) is -0.523. The molecule has 0 spiro atoms. The van der Waals surface area contributed by atoms with Crippen molar-refractivity contribution in [3.8, 4) is 0 Å². The van der Waals surface area contributed by atoms with Crippen LogP contribution >= 0.6 is 11.6 Å². The van der Waals surface area contributed by atoms with Gasteiger partial charge in [0.2, 0.25) is 0 Å². The highest BCUT2D eigenvalue weighted by Crippen LogP contribution is 2.15. The summed E-state index contributed by atoms with van der Waals surface area (Å²) < 4.78 is 4.83. The molecule has 0 fully saturated rings. The average molecular weight is 242 g/mol. The van der Waals surface area contributed by atoms with Crippen LogP contribution in [-0.4, -0.2) is 25.0 Å². The van der Waals surface area contributed by atoms with E-state index in [4.69, 9.17) is 16.3 Å². The van der Waals surface area contributed by atoms with Crippen LogP contribution in [0.5, 0.6) is 0 Å². The molecule has 86 valence electrons. The molecule has 4 nitrogen and oxygen atoms in total. The van der Waals surface area contributed by atoms with Gasteiger partial charge in [-0.15, -0.1) is 0 Å². The van der Waals surface area contributed by atoms with E-state index < -0.39 is 11.3 Å². The monoisotopic (exact) mass is 241 g/mol. The molecule has 0 radical (unpaired) electrons. The quantitative estimate of drug-likeness (QED) is 0.765. The Hall–Kier alpha value is -1.55. The van der Waals surface area contributed by atoms with E-state index in [1.54, 1.807) is 38.2 Å². The second kappa shape index (κ2) is 5.51. The second-order valence-corrected chi connectivity index (χ2v) is 3.42. The van der Waals surface area contributed by atoms with E-state index in [1.807, 2.05) is 0 Å². The zero-order valence-electron chi connectivity index (χ0n) is 9.07. The Kier molecular flexibility index (Phi) is 4.31. The van der Waals surface area contributed by atoms with Gasteiger partial charge in [0.25, 0.3) is 5.24 Å². The molecule has 0 bridgehead atoms. The summed E-state index contributed by atoms with van der Waals surface area (Å²) in [5.41, 5.74) is 1.03. The van der Waals surface area contributed by atoms with E-state index in [1.165, 1.54) is 4.90 Å². The fraction of sp³-hybridized carbons (Fsp3) is 0.273. The van der Waals surface area contributed by atoms with Crippen LogP contribution in [0.15, 0.2) is 24.3 Å². The molecule has 1 aromatic carbocycles. The number of ether oxygens (including phenoxy) is 1. The Morgan fingerprint density at radius 2 is 1.88 bits per heavy atom. The van der Waals surface area contributed by atoms with Crippen molar-refractivity contribution in [2.24, 2.45) is 0 Å². The van der Waals surface area contributed by atoms with Gasteiger partial charge in [-0.05, 0) is 42.8 Å². The fourth-order valence-corrected chi connectivity index (χ4v) is 1.27. The Balaban J connectivity index is 2.81. The fourth-order valence-electron chi connectivity index (χ4n) is 1.14. The van der Waals surface area contributed by atoms with Crippen LogP contribution in [0, 0.1) is 0 Å². The molecule has 5 heteroatoms. The molecule has 0 aliphatic rings. The van der Waals surface area contributed by atoms with E-state index in [0.29, 0.717) is 17.9 Å². The summed E-state index contributed by atoms with van der Waals surface area (Å²) >= 11 is 5.30. The van der Waals surface area contributed by atoms with Gasteiger partial charge >= 0.3 is 6.09 Å². The molecule has 0 aliphatic carbocycles. The van der Waals surface area contributed by atoms with Gasteiger partial charge in [0.15, 0.2) is 0 Å². The molecule has 0 heterocycles. The maximum atomic E-state index is 11.4. The van der Waals surface area contributed by atoms with Gasteiger partial charge in [-0.2, -0.15) is 0 Å². The van der Waals surface area contributed by atoms with Crippen molar-refractivity contribution < 1.29 is 14.3 Å². The van der Waals surface area contributed by atoms with Gasteiger partial charge in [0.05, 0.1) is 6.61 Å². The Labute approximate surface area is 98.8 Å². The van der Waals surface area contributed by atoms with Crippen LogP contribution in [-0.2, 0) is 4.74 Å². The van der Waals surface area contributed by atoms with Gasteiger partial charge in [0.1, 0.15) is 0 Å². The van der Waals surface area contributed by atoms with Crippen molar-refractivity contribution in [2.75, 3.05) is 18.6 Å². The van der Waals surface area contributed by atoms with E-state index in [0.717, 1.165) is 0 Å². The van der Waals surface area contributed by atoms with E-state index in [2.05, 4.69) is 0 Å². The first-order valence-corrected chi connectivity index (χ1v) is 5.14. The second-order valence-electron chi connectivity index (χ2n) is 3.08. The third-order valence-electron chi connectivity index (χ3n) is 2.02. The maximum Gasteiger partial charge on any atom is 0.413 e. The van der Waals surface area contributed by atoms with Crippen molar-refractivity contribution >= 4 is 28.6 Å². The first-order valence-electron chi connectivity index (χ1n) is 4.76.